The van der Waals surface area contributed by atoms with Crippen LogP contribution in [0.2, 0.25) is 0 Å². The SMILES string of the molecule is NC[C@H](CO)OC(=O)NCc1ccccc1. The molecule has 88 valence electrons. The molecule has 1 atom stereocenters. The standard InChI is InChI=1S/C11H16N2O3/c12-6-10(8-14)16-11(15)13-7-9-4-2-1-3-5-9/h1-5,10,14H,6-8,12H2,(H,13,15)/t10-/m1/s1. The third-order valence-corrected chi connectivity index (χ3v) is 2.02. The lowest BCUT2D eigenvalue weighted by Gasteiger charge is -2.13. The van der Waals surface area contributed by atoms with Crippen molar-refractivity contribution in [2.24, 2.45) is 5.73 Å². The quantitative estimate of drug-likeness (QED) is 0.668. The molecule has 1 aromatic carbocycles. The molecule has 0 radical (unpaired) electrons. The van der Waals surface area contributed by atoms with Gasteiger partial charge in [0.2, 0.25) is 0 Å². The van der Waals surface area contributed by atoms with Crippen molar-refractivity contribution >= 4 is 6.09 Å². The second-order valence-corrected chi connectivity index (χ2v) is 3.28. The molecular formula is C11H16N2O3. The highest BCUT2D eigenvalue weighted by Crippen LogP contribution is 1.98. The summed E-state index contributed by atoms with van der Waals surface area (Å²) in [4.78, 5) is 11.2. The van der Waals surface area contributed by atoms with Crippen molar-refractivity contribution in [1.29, 1.82) is 0 Å². The summed E-state index contributed by atoms with van der Waals surface area (Å²) in [6.45, 7) is 0.229. The predicted octanol–water partition coefficient (Wildman–Crippen LogP) is 0.232. The smallest absolute Gasteiger partial charge is 0.407 e. The Morgan fingerprint density at radius 1 is 1.44 bits per heavy atom. The number of rotatable bonds is 5. The van der Waals surface area contributed by atoms with Gasteiger partial charge in [-0.2, -0.15) is 0 Å². The van der Waals surface area contributed by atoms with Gasteiger partial charge in [-0.1, -0.05) is 30.3 Å². The van der Waals surface area contributed by atoms with E-state index in [-0.39, 0.29) is 13.2 Å². The van der Waals surface area contributed by atoms with E-state index in [0.717, 1.165) is 5.56 Å². The van der Waals surface area contributed by atoms with E-state index < -0.39 is 12.2 Å². The lowest BCUT2D eigenvalue weighted by molar-refractivity contribution is 0.0621. The van der Waals surface area contributed by atoms with Gasteiger partial charge in [-0.3, -0.25) is 0 Å². The highest BCUT2D eigenvalue weighted by molar-refractivity contribution is 5.67. The number of hydrogen-bond acceptors (Lipinski definition) is 4. The van der Waals surface area contributed by atoms with Crippen molar-refractivity contribution in [3.8, 4) is 0 Å². The van der Waals surface area contributed by atoms with Crippen LogP contribution in [0.1, 0.15) is 5.56 Å². The average molecular weight is 224 g/mol. The van der Waals surface area contributed by atoms with Crippen LogP contribution in [0.4, 0.5) is 4.79 Å². The average Bonchev–Trinajstić information content (AvgIpc) is 2.34. The van der Waals surface area contributed by atoms with Crippen LogP contribution in [0.15, 0.2) is 30.3 Å². The number of alkyl carbamates (subject to hydrolysis) is 1. The Labute approximate surface area is 94.2 Å². The lowest BCUT2D eigenvalue weighted by atomic mass is 10.2. The van der Waals surface area contributed by atoms with E-state index in [1.807, 2.05) is 30.3 Å². The number of nitrogens with two attached hydrogens (primary N) is 1. The number of benzene rings is 1. The molecule has 0 aliphatic heterocycles. The molecule has 1 aromatic rings. The Morgan fingerprint density at radius 2 is 2.12 bits per heavy atom. The number of nitrogens with one attached hydrogen (secondary N) is 1. The van der Waals surface area contributed by atoms with Crippen LogP contribution in [0.3, 0.4) is 0 Å². The minimum atomic E-state index is -0.643. The van der Waals surface area contributed by atoms with Crippen molar-refractivity contribution in [1.82, 2.24) is 5.32 Å². The molecule has 0 bridgehead atoms. The van der Waals surface area contributed by atoms with Gasteiger partial charge in [0.15, 0.2) is 0 Å². The lowest BCUT2D eigenvalue weighted by Crippen LogP contribution is -2.34. The van der Waals surface area contributed by atoms with Crippen LogP contribution >= 0.6 is 0 Å². The highest BCUT2D eigenvalue weighted by Gasteiger charge is 2.10. The zero-order valence-electron chi connectivity index (χ0n) is 8.93. The Balaban J connectivity index is 2.30. The molecule has 0 spiro atoms. The van der Waals surface area contributed by atoms with Gasteiger partial charge >= 0.3 is 6.09 Å². The summed E-state index contributed by atoms with van der Waals surface area (Å²) in [5.74, 6) is 0. The molecule has 5 nitrogen and oxygen atoms in total. The van der Waals surface area contributed by atoms with Crippen molar-refractivity contribution in [3.63, 3.8) is 0 Å². The van der Waals surface area contributed by atoms with E-state index in [1.54, 1.807) is 0 Å². The fourth-order valence-electron chi connectivity index (χ4n) is 1.12. The zero-order chi connectivity index (χ0) is 11.8. The van der Waals surface area contributed by atoms with Crippen LogP contribution in [-0.2, 0) is 11.3 Å². The zero-order valence-corrected chi connectivity index (χ0v) is 8.93. The molecule has 16 heavy (non-hydrogen) atoms. The van der Waals surface area contributed by atoms with Gasteiger partial charge in [0.05, 0.1) is 6.61 Å². The predicted molar refractivity (Wildman–Crippen MR) is 59.7 cm³/mol. The molecular weight excluding hydrogens is 208 g/mol. The summed E-state index contributed by atoms with van der Waals surface area (Å²) in [6, 6.07) is 9.47. The molecule has 0 heterocycles. The van der Waals surface area contributed by atoms with Crippen molar-refractivity contribution in [2.75, 3.05) is 13.2 Å². The number of amides is 1. The topological polar surface area (TPSA) is 84.6 Å². The van der Waals surface area contributed by atoms with Crippen molar-refractivity contribution < 1.29 is 14.6 Å². The van der Waals surface area contributed by atoms with Gasteiger partial charge in [0, 0.05) is 13.1 Å². The Morgan fingerprint density at radius 3 is 2.69 bits per heavy atom. The van der Waals surface area contributed by atoms with E-state index in [4.69, 9.17) is 15.6 Å². The van der Waals surface area contributed by atoms with Crippen molar-refractivity contribution in [3.05, 3.63) is 35.9 Å². The second kappa shape index (κ2) is 6.81. The minimum Gasteiger partial charge on any atom is -0.442 e. The molecule has 1 amide bonds. The second-order valence-electron chi connectivity index (χ2n) is 3.28. The highest BCUT2D eigenvalue weighted by atomic mass is 16.6. The number of aliphatic hydroxyl groups is 1. The summed E-state index contributed by atoms with van der Waals surface area (Å²) in [5.41, 5.74) is 6.25. The van der Waals surface area contributed by atoms with E-state index in [9.17, 15) is 4.79 Å². The van der Waals surface area contributed by atoms with Crippen LogP contribution in [-0.4, -0.2) is 30.5 Å². The van der Waals surface area contributed by atoms with Gasteiger partial charge < -0.3 is 20.9 Å². The maximum absolute atomic E-state index is 11.2. The normalized spacial score (nSPS) is 11.9. The molecule has 0 unspecified atom stereocenters. The Hall–Kier alpha value is -1.59. The molecule has 5 heteroatoms. The molecule has 1 rings (SSSR count). The van der Waals surface area contributed by atoms with Gasteiger partial charge in [-0.15, -0.1) is 0 Å². The van der Waals surface area contributed by atoms with Crippen LogP contribution in [0.25, 0.3) is 0 Å². The molecule has 0 aliphatic rings. The number of carbonyl (C=O) groups excluding carboxylic acids is 1. The maximum atomic E-state index is 11.2. The molecule has 0 fully saturated rings. The summed E-state index contributed by atoms with van der Waals surface area (Å²) < 4.78 is 4.85. The summed E-state index contributed by atoms with van der Waals surface area (Å²) >= 11 is 0. The maximum Gasteiger partial charge on any atom is 0.407 e. The Bertz CT molecular complexity index is 312. The van der Waals surface area contributed by atoms with Gasteiger partial charge in [-0.25, -0.2) is 4.79 Å². The van der Waals surface area contributed by atoms with Crippen LogP contribution in [0, 0.1) is 0 Å². The number of ether oxygens (including phenoxy) is 1. The summed E-state index contributed by atoms with van der Waals surface area (Å²) in [6.07, 6.45) is -1.22. The monoisotopic (exact) mass is 224 g/mol. The van der Waals surface area contributed by atoms with Crippen LogP contribution < -0.4 is 11.1 Å². The van der Waals surface area contributed by atoms with Gasteiger partial charge in [0.1, 0.15) is 6.10 Å². The fraction of sp³-hybridized carbons (Fsp3) is 0.364. The van der Waals surface area contributed by atoms with Gasteiger partial charge in [-0.05, 0) is 5.56 Å². The number of carbonyl (C=O) groups is 1. The van der Waals surface area contributed by atoms with Crippen LogP contribution in [0.5, 0.6) is 0 Å². The van der Waals surface area contributed by atoms with Crippen molar-refractivity contribution in [2.45, 2.75) is 12.6 Å². The van der Waals surface area contributed by atoms with E-state index in [0.29, 0.717) is 6.54 Å². The van der Waals surface area contributed by atoms with E-state index in [1.165, 1.54) is 0 Å². The largest absolute Gasteiger partial charge is 0.442 e. The molecule has 4 N–H and O–H groups in total. The third-order valence-electron chi connectivity index (χ3n) is 2.02. The summed E-state index contributed by atoms with van der Waals surface area (Å²) in [5, 5.41) is 11.3. The van der Waals surface area contributed by atoms with E-state index in [2.05, 4.69) is 5.32 Å². The fourth-order valence-corrected chi connectivity index (χ4v) is 1.12. The molecule has 0 aromatic heterocycles. The van der Waals surface area contributed by atoms with Gasteiger partial charge in [0.25, 0.3) is 0 Å². The minimum absolute atomic E-state index is 0.106. The first-order chi connectivity index (χ1) is 7.76. The number of hydrogen-bond donors (Lipinski definition) is 3. The molecule has 0 saturated carbocycles. The molecule has 0 aliphatic carbocycles. The van der Waals surface area contributed by atoms with E-state index >= 15 is 0 Å². The molecule has 0 saturated heterocycles. The third kappa shape index (κ3) is 4.29. The summed E-state index contributed by atoms with van der Waals surface area (Å²) in [7, 11) is 0. The first kappa shape index (κ1) is 12.5. The Kier molecular flexibility index (Phi) is 5.31. The first-order valence-electron chi connectivity index (χ1n) is 5.05. The number of aliphatic hydroxyl groups excluding tert-OH is 1. The first-order valence-corrected chi connectivity index (χ1v) is 5.05.